The van der Waals surface area contributed by atoms with Crippen LogP contribution in [-0.4, -0.2) is 24.9 Å². The van der Waals surface area contributed by atoms with Crippen molar-refractivity contribution in [2.45, 2.75) is 0 Å². The maximum Gasteiger partial charge on any atom is 0.0659 e. The van der Waals surface area contributed by atoms with Crippen molar-refractivity contribution in [1.82, 2.24) is 24.9 Å². The number of fused-ring (bicyclic) bond motifs is 8. The molecule has 0 amide bonds. The second kappa shape index (κ2) is 9.46. The van der Waals surface area contributed by atoms with Crippen molar-refractivity contribution in [2.24, 2.45) is 0 Å². The molecule has 6 rings (SSSR count). The van der Waals surface area contributed by atoms with Crippen molar-refractivity contribution in [3.63, 3.8) is 0 Å². The molecule has 146 valence electrons. The molecule has 0 atom stereocenters. The van der Waals surface area contributed by atoms with E-state index < -0.39 is 0 Å². The Hall–Kier alpha value is -3.63. The Morgan fingerprint density at radius 2 is 0.903 bits per heavy atom. The average Bonchev–Trinajstić information content (AvgIpc) is 3.56. The van der Waals surface area contributed by atoms with Gasteiger partial charge in [-0.2, -0.15) is 0 Å². The fourth-order valence-electron chi connectivity index (χ4n) is 3.26. The molecule has 0 fully saturated rings. The third-order valence-corrected chi connectivity index (χ3v) is 4.61. The first-order valence-corrected chi connectivity index (χ1v) is 9.70. The van der Waals surface area contributed by atoms with E-state index in [0.29, 0.717) is 0 Å². The molecule has 5 nitrogen and oxygen atoms in total. The molecule has 8 bridgehead atoms. The number of H-pyrrole nitrogens is 2. The van der Waals surface area contributed by atoms with Crippen molar-refractivity contribution < 1.29 is 19.5 Å². The van der Waals surface area contributed by atoms with Crippen LogP contribution in [0.5, 0.6) is 0 Å². The van der Waals surface area contributed by atoms with Crippen LogP contribution >= 0.6 is 0 Å². The Labute approximate surface area is 192 Å². The molecule has 2 aliphatic rings. The number of nitrogens with zero attached hydrogens (tertiary/aromatic N) is 3. The van der Waals surface area contributed by atoms with Gasteiger partial charge in [0.25, 0.3) is 0 Å². The van der Waals surface area contributed by atoms with Gasteiger partial charge in [0.05, 0.1) is 22.8 Å². The molecular weight excluding hydrogens is 436 g/mol. The number of rotatable bonds is 0. The molecule has 0 spiro atoms. The van der Waals surface area contributed by atoms with E-state index in [2.05, 4.69) is 55.3 Å². The van der Waals surface area contributed by atoms with Crippen LogP contribution in [0.15, 0.2) is 79.1 Å². The monoisotopic (exact) mass is 453 g/mol. The van der Waals surface area contributed by atoms with E-state index in [1.165, 1.54) is 0 Å². The van der Waals surface area contributed by atoms with Crippen LogP contribution in [0.4, 0.5) is 0 Å². The molecule has 0 saturated heterocycles. The van der Waals surface area contributed by atoms with Gasteiger partial charge in [0.1, 0.15) is 0 Å². The molecule has 31 heavy (non-hydrogen) atoms. The van der Waals surface area contributed by atoms with Gasteiger partial charge in [0.15, 0.2) is 0 Å². The summed E-state index contributed by atoms with van der Waals surface area (Å²) in [5.41, 5.74) is 7.86. The zero-order valence-corrected chi connectivity index (χ0v) is 19.8. The summed E-state index contributed by atoms with van der Waals surface area (Å²) in [7, 11) is 0. The standard InChI is InChI=1S/C20H14N4.C5H5N.Zn/c1-2-14-10-16-5-6-18(23-16)12-20-8-7-19(24-20)11-17-4-3-15(22-17)9-13(1)21-14;1-2-4-6-5-3-1;/h1-12,21-22H;1-5H;. The first-order chi connectivity index (χ1) is 14.8. The number of hydrogen-bond acceptors (Lipinski definition) is 3. The predicted octanol–water partition coefficient (Wildman–Crippen LogP) is 5.73. The molecule has 0 saturated carbocycles. The van der Waals surface area contributed by atoms with E-state index in [-0.39, 0.29) is 19.5 Å². The first kappa shape index (κ1) is 20.6. The van der Waals surface area contributed by atoms with Gasteiger partial charge >= 0.3 is 0 Å². The number of pyridine rings is 1. The number of aromatic nitrogens is 5. The van der Waals surface area contributed by atoms with Gasteiger partial charge in [-0.05, 0) is 85.0 Å². The largest absolute Gasteiger partial charge is 0.355 e. The Balaban J connectivity index is 0.000000288. The summed E-state index contributed by atoms with van der Waals surface area (Å²) in [5, 5.41) is 0. The molecule has 0 unspecified atom stereocenters. The van der Waals surface area contributed by atoms with Crippen molar-refractivity contribution in [2.75, 3.05) is 0 Å². The van der Waals surface area contributed by atoms with E-state index in [0.717, 1.165) is 44.8 Å². The Kier molecular flexibility index (Phi) is 6.30. The maximum absolute atomic E-state index is 4.62. The summed E-state index contributed by atoms with van der Waals surface area (Å²) in [6.07, 6.45) is 11.5. The van der Waals surface area contributed by atoms with Crippen molar-refractivity contribution in [1.29, 1.82) is 0 Å². The van der Waals surface area contributed by atoms with E-state index in [1.807, 2.05) is 60.7 Å². The van der Waals surface area contributed by atoms with Crippen LogP contribution in [0.2, 0.25) is 0 Å². The third kappa shape index (κ3) is 5.30. The average molecular weight is 455 g/mol. The summed E-state index contributed by atoms with van der Waals surface area (Å²) >= 11 is 0. The van der Waals surface area contributed by atoms with Gasteiger partial charge in [-0.3, -0.25) is 4.98 Å². The fraction of sp³-hybridized carbons (Fsp3) is 0. The van der Waals surface area contributed by atoms with E-state index in [9.17, 15) is 0 Å². The van der Waals surface area contributed by atoms with Crippen LogP contribution in [0.3, 0.4) is 0 Å². The van der Waals surface area contributed by atoms with E-state index >= 15 is 0 Å². The summed E-state index contributed by atoms with van der Waals surface area (Å²) in [6.45, 7) is 0. The summed E-state index contributed by atoms with van der Waals surface area (Å²) in [4.78, 5) is 19.8. The van der Waals surface area contributed by atoms with E-state index in [1.54, 1.807) is 12.4 Å². The van der Waals surface area contributed by atoms with Gasteiger partial charge in [0, 0.05) is 53.9 Å². The SMILES string of the molecule is C1=Cc2cc3ccc(cc4ccc(cc5nc(cc1n2)C=C5)[nH]4)[nH]3.[Zn].c1ccncc1. The zero-order chi connectivity index (χ0) is 20.2. The molecule has 4 aromatic rings. The Bertz CT molecular complexity index is 1280. The van der Waals surface area contributed by atoms with Crippen molar-refractivity contribution in [3.8, 4) is 0 Å². The van der Waals surface area contributed by atoms with Gasteiger partial charge in [-0.25, -0.2) is 9.97 Å². The van der Waals surface area contributed by atoms with Gasteiger partial charge in [0.2, 0.25) is 0 Å². The minimum atomic E-state index is 0. The molecule has 0 aliphatic carbocycles. The van der Waals surface area contributed by atoms with Crippen LogP contribution < -0.4 is 0 Å². The second-order valence-electron chi connectivity index (χ2n) is 6.93. The molecular formula is C25H19N5Zn. The topological polar surface area (TPSA) is 70.2 Å². The molecule has 6 heteroatoms. The molecule has 6 heterocycles. The van der Waals surface area contributed by atoms with Crippen LogP contribution in [-0.2, 0) is 19.5 Å². The molecule has 0 radical (unpaired) electrons. The second-order valence-corrected chi connectivity index (χ2v) is 6.93. The van der Waals surface area contributed by atoms with Crippen molar-refractivity contribution in [3.05, 3.63) is 102 Å². The van der Waals surface area contributed by atoms with Crippen LogP contribution in [0.25, 0.3) is 46.4 Å². The minimum absolute atomic E-state index is 0. The zero-order valence-electron chi connectivity index (χ0n) is 16.9. The molecule has 2 aliphatic heterocycles. The number of hydrogen-bond donors (Lipinski definition) is 2. The summed E-state index contributed by atoms with van der Waals surface area (Å²) in [6, 6.07) is 22.1. The summed E-state index contributed by atoms with van der Waals surface area (Å²) < 4.78 is 0. The molecule has 4 aromatic heterocycles. The van der Waals surface area contributed by atoms with Crippen LogP contribution in [0, 0.1) is 0 Å². The smallest absolute Gasteiger partial charge is 0.0659 e. The maximum atomic E-state index is 4.62. The van der Waals surface area contributed by atoms with Gasteiger partial charge in [-0.15, -0.1) is 0 Å². The minimum Gasteiger partial charge on any atom is -0.355 e. The quantitative estimate of drug-likeness (QED) is 0.288. The van der Waals surface area contributed by atoms with Gasteiger partial charge in [-0.1, -0.05) is 6.07 Å². The van der Waals surface area contributed by atoms with E-state index in [4.69, 9.17) is 0 Å². The number of aromatic amines is 2. The molecule has 0 aromatic carbocycles. The Morgan fingerprint density at radius 3 is 1.29 bits per heavy atom. The van der Waals surface area contributed by atoms with Crippen molar-refractivity contribution >= 4 is 46.4 Å². The van der Waals surface area contributed by atoms with Gasteiger partial charge < -0.3 is 9.97 Å². The fourth-order valence-corrected chi connectivity index (χ4v) is 3.26. The summed E-state index contributed by atoms with van der Waals surface area (Å²) in [5.74, 6) is 0. The van der Waals surface area contributed by atoms with Crippen LogP contribution in [0.1, 0.15) is 22.8 Å². The third-order valence-electron chi connectivity index (χ3n) is 4.61. The predicted molar refractivity (Wildman–Crippen MR) is 123 cm³/mol. The Morgan fingerprint density at radius 1 is 0.484 bits per heavy atom. The number of nitrogens with one attached hydrogen (secondary N) is 2. The normalized spacial score (nSPS) is 11.4. The molecule has 2 N–H and O–H groups in total. The first-order valence-electron chi connectivity index (χ1n) is 9.70.